The number of halogens is 1. The van der Waals surface area contributed by atoms with E-state index in [0.717, 1.165) is 40.6 Å². The van der Waals surface area contributed by atoms with Gasteiger partial charge < -0.3 is 15.0 Å². The molecular weight excluding hydrogens is 403 g/mol. The van der Waals surface area contributed by atoms with Crippen molar-refractivity contribution in [3.8, 4) is 11.3 Å². The number of amides is 1. The standard InChI is InChI=1S/C22H25FN4O2S/c1-14-19(21(28)26-9-11-29-12-10-26)30-22-25-18(15-5-4-6-16(23)13-15)20(27(14)22)24-17-7-2-3-8-17/h4-6,13,17,24H,2-3,7-12H2,1H3. The van der Waals surface area contributed by atoms with E-state index in [9.17, 15) is 9.18 Å². The highest BCUT2D eigenvalue weighted by atomic mass is 32.1. The van der Waals surface area contributed by atoms with Crippen LogP contribution in [0.4, 0.5) is 10.2 Å². The van der Waals surface area contributed by atoms with E-state index in [2.05, 4.69) is 5.32 Å². The first-order valence-electron chi connectivity index (χ1n) is 10.5. The van der Waals surface area contributed by atoms with Crippen LogP contribution in [-0.4, -0.2) is 52.5 Å². The van der Waals surface area contributed by atoms with Gasteiger partial charge in [-0.1, -0.05) is 36.3 Å². The van der Waals surface area contributed by atoms with Crippen molar-refractivity contribution in [3.63, 3.8) is 0 Å². The fraction of sp³-hybridized carbons (Fsp3) is 0.455. The van der Waals surface area contributed by atoms with Crippen LogP contribution in [0.25, 0.3) is 16.2 Å². The Morgan fingerprint density at radius 3 is 2.77 bits per heavy atom. The van der Waals surface area contributed by atoms with E-state index in [-0.39, 0.29) is 11.7 Å². The van der Waals surface area contributed by atoms with Gasteiger partial charge in [-0.05, 0) is 31.9 Å². The number of hydrogen-bond acceptors (Lipinski definition) is 5. The van der Waals surface area contributed by atoms with Crippen molar-refractivity contribution < 1.29 is 13.9 Å². The Morgan fingerprint density at radius 2 is 2.03 bits per heavy atom. The number of nitrogens with one attached hydrogen (secondary N) is 1. The maximum atomic E-state index is 13.9. The molecule has 30 heavy (non-hydrogen) atoms. The minimum atomic E-state index is -0.282. The van der Waals surface area contributed by atoms with Crippen molar-refractivity contribution in [2.45, 2.75) is 38.6 Å². The normalized spacial score (nSPS) is 17.7. The molecule has 6 nitrogen and oxygen atoms in total. The lowest BCUT2D eigenvalue weighted by Gasteiger charge is -2.26. The maximum absolute atomic E-state index is 13.9. The van der Waals surface area contributed by atoms with Gasteiger partial charge in [-0.3, -0.25) is 9.20 Å². The summed E-state index contributed by atoms with van der Waals surface area (Å²) in [4.78, 5) is 21.3. The van der Waals surface area contributed by atoms with Crippen molar-refractivity contribution in [2.24, 2.45) is 0 Å². The fourth-order valence-corrected chi connectivity index (χ4v) is 5.48. The van der Waals surface area contributed by atoms with Gasteiger partial charge in [0.25, 0.3) is 5.91 Å². The maximum Gasteiger partial charge on any atom is 0.266 e. The zero-order chi connectivity index (χ0) is 20.7. The van der Waals surface area contributed by atoms with E-state index >= 15 is 0 Å². The van der Waals surface area contributed by atoms with Crippen molar-refractivity contribution in [1.29, 1.82) is 0 Å². The number of anilines is 1. The van der Waals surface area contributed by atoms with Crippen molar-refractivity contribution in [1.82, 2.24) is 14.3 Å². The monoisotopic (exact) mass is 428 g/mol. The summed E-state index contributed by atoms with van der Waals surface area (Å²) < 4.78 is 21.3. The molecule has 3 heterocycles. The molecule has 158 valence electrons. The van der Waals surface area contributed by atoms with Crippen molar-refractivity contribution in [2.75, 3.05) is 31.6 Å². The first-order valence-corrected chi connectivity index (χ1v) is 11.3. The SMILES string of the molecule is Cc1c(C(=O)N2CCOCC2)sc2nc(-c3cccc(F)c3)c(NC3CCCC3)n12. The molecule has 1 aliphatic heterocycles. The number of imidazole rings is 1. The highest BCUT2D eigenvalue weighted by Crippen LogP contribution is 2.37. The number of hydrogen-bond donors (Lipinski definition) is 1. The smallest absolute Gasteiger partial charge is 0.266 e. The van der Waals surface area contributed by atoms with E-state index in [1.807, 2.05) is 22.3 Å². The highest BCUT2D eigenvalue weighted by molar-refractivity contribution is 7.19. The Bertz CT molecular complexity index is 1080. The Balaban J connectivity index is 1.59. The highest BCUT2D eigenvalue weighted by Gasteiger charge is 2.28. The van der Waals surface area contributed by atoms with E-state index in [0.29, 0.717) is 37.2 Å². The minimum Gasteiger partial charge on any atom is -0.378 e. The number of morpholine rings is 1. The Morgan fingerprint density at radius 1 is 1.27 bits per heavy atom. The van der Waals surface area contributed by atoms with Gasteiger partial charge in [-0.25, -0.2) is 9.37 Å². The first kappa shape index (κ1) is 19.5. The number of carbonyl (C=O) groups excluding carboxylic acids is 1. The molecule has 1 amide bonds. The quantitative estimate of drug-likeness (QED) is 0.672. The van der Waals surface area contributed by atoms with Crippen LogP contribution >= 0.6 is 11.3 Å². The molecule has 0 bridgehead atoms. The third kappa shape index (κ3) is 3.48. The molecule has 2 aromatic heterocycles. The minimum absolute atomic E-state index is 0.0328. The number of nitrogens with zero attached hydrogens (tertiary/aromatic N) is 3. The molecule has 2 aliphatic rings. The summed E-state index contributed by atoms with van der Waals surface area (Å²) in [6.45, 7) is 4.34. The molecule has 1 N–H and O–H groups in total. The second-order valence-corrected chi connectivity index (χ2v) is 8.96. The second kappa shape index (κ2) is 8.00. The number of carbonyl (C=O) groups is 1. The van der Waals surface area contributed by atoms with Gasteiger partial charge in [0.1, 0.15) is 22.2 Å². The molecule has 0 spiro atoms. The molecule has 1 saturated heterocycles. The van der Waals surface area contributed by atoms with Gasteiger partial charge in [-0.2, -0.15) is 0 Å². The number of ether oxygens (including phenoxy) is 1. The Labute approximate surface area is 178 Å². The molecule has 0 radical (unpaired) electrons. The Hall–Kier alpha value is -2.45. The number of rotatable bonds is 4. The van der Waals surface area contributed by atoms with Crippen LogP contribution in [0.2, 0.25) is 0 Å². The topological polar surface area (TPSA) is 58.9 Å². The molecule has 5 rings (SSSR count). The van der Waals surface area contributed by atoms with Crippen molar-refractivity contribution >= 4 is 28.0 Å². The van der Waals surface area contributed by atoms with Crippen LogP contribution in [0, 0.1) is 12.7 Å². The lowest BCUT2D eigenvalue weighted by Crippen LogP contribution is -2.40. The average Bonchev–Trinajstić information content (AvgIpc) is 3.47. The molecule has 8 heteroatoms. The van der Waals surface area contributed by atoms with E-state index in [1.165, 1.54) is 36.3 Å². The van der Waals surface area contributed by atoms with E-state index < -0.39 is 0 Å². The molecule has 0 atom stereocenters. The lowest BCUT2D eigenvalue weighted by molar-refractivity contribution is 0.0305. The van der Waals surface area contributed by atoms with Crippen LogP contribution < -0.4 is 5.32 Å². The summed E-state index contributed by atoms with van der Waals surface area (Å²) in [6.07, 6.45) is 4.63. The first-order chi connectivity index (χ1) is 14.6. The van der Waals surface area contributed by atoms with Gasteiger partial charge >= 0.3 is 0 Å². The third-order valence-corrected chi connectivity index (χ3v) is 7.12. The van der Waals surface area contributed by atoms with Gasteiger partial charge in [-0.15, -0.1) is 0 Å². The molecule has 1 aliphatic carbocycles. The lowest BCUT2D eigenvalue weighted by atomic mass is 10.1. The number of thiazole rings is 1. The van der Waals surface area contributed by atoms with Crippen LogP contribution in [0.5, 0.6) is 0 Å². The van der Waals surface area contributed by atoms with Crippen LogP contribution in [-0.2, 0) is 4.74 Å². The molecular formula is C22H25FN4O2S. The van der Waals surface area contributed by atoms with Crippen LogP contribution in [0.1, 0.15) is 41.0 Å². The number of aromatic nitrogens is 2. The summed E-state index contributed by atoms with van der Waals surface area (Å²) in [5, 5.41) is 3.66. The van der Waals surface area contributed by atoms with Gasteiger partial charge in [0.2, 0.25) is 0 Å². The van der Waals surface area contributed by atoms with Crippen molar-refractivity contribution in [3.05, 3.63) is 40.7 Å². The summed E-state index contributed by atoms with van der Waals surface area (Å²) in [7, 11) is 0. The molecule has 0 unspecified atom stereocenters. The zero-order valence-electron chi connectivity index (χ0n) is 17.0. The van der Waals surface area contributed by atoms with Gasteiger partial charge in [0, 0.05) is 30.4 Å². The summed E-state index contributed by atoms with van der Waals surface area (Å²) in [5.74, 6) is 0.610. The average molecular weight is 429 g/mol. The fourth-order valence-electron chi connectivity index (χ4n) is 4.39. The zero-order valence-corrected chi connectivity index (χ0v) is 17.8. The number of fused-ring (bicyclic) bond motifs is 1. The molecule has 2 fully saturated rings. The van der Waals surface area contributed by atoms with E-state index in [1.54, 1.807) is 6.07 Å². The van der Waals surface area contributed by atoms with Gasteiger partial charge in [0.15, 0.2) is 4.96 Å². The second-order valence-electron chi connectivity index (χ2n) is 7.98. The van der Waals surface area contributed by atoms with Crippen LogP contribution in [0.15, 0.2) is 24.3 Å². The largest absolute Gasteiger partial charge is 0.378 e. The predicted molar refractivity (Wildman–Crippen MR) is 116 cm³/mol. The Kier molecular flexibility index (Phi) is 5.20. The molecule has 3 aromatic rings. The molecule has 1 aromatic carbocycles. The van der Waals surface area contributed by atoms with Gasteiger partial charge in [0.05, 0.1) is 13.2 Å². The summed E-state index contributed by atoms with van der Waals surface area (Å²) in [5.41, 5.74) is 2.36. The third-order valence-electron chi connectivity index (χ3n) is 5.99. The predicted octanol–water partition coefficient (Wildman–Crippen LogP) is 4.34. The number of benzene rings is 1. The molecule has 1 saturated carbocycles. The summed E-state index contributed by atoms with van der Waals surface area (Å²) in [6, 6.07) is 6.91. The summed E-state index contributed by atoms with van der Waals surface area (Å²) >= 11 is 1.40. The van der Waals surface area contributed by atoms with Crippen LogP contribution in [0.3, 0.4) is 0 Å². The number of aryl methyl sites for hydroxylation is 1. The van der Waals surface area contributed by atoms with E-state index in [4.69, 9.17) is 9.72 Å².